The van der Waals surface area contributed by atoms with E-state index in [1.54, 1.807) is 23.1 Å². The van der Waals surface area contributed by atoms with E-state index in [4.69, 9.17) is 9.68 Å². The molecule has 9 heteroatoms. The first-order valence-electron chi connectivity index (χ1n) is 11.4. The minimum Gasteiger partial charge on any atom is -0.431 e. The third-order valence-corrected chi connectivity index (χ3v) is 6.15. The van der Waals surface area contributed by atoms with Crippen molar-refractivity contribution in [3.63, 3.8) is 0 Å². The molecule has 2 aromatic heterocycles. The van der Waals surface area contributed by atoms with Crippen molar-refractivity contribution in [3.05, 3.63) is 90.1 Å². The summed E-state index contributed by atoms with van der Waals surface area (Å²) in [5.74, 6) is -0.280. The van der Waals surface area contributed by atoms with Crippen molar-refractivity contribution in [1.82, 2.24) is 19.8 Å². The summed E-state index contributed by atoms with van der Waals surface area (Å²) < 4.78 is 7.51. The maximum atomic E-state index is 12.9. The molecule has 0 radical (unpaired) electrons. The topological polar surface area (TPSA) is 107 Å². The van der Waals surface area contributed by atoms with Crippen molar-refractivity contribution >= 4 is 23.6 Å². The van der Waals surface area contributed by atoms with Crippen LogP contribution in [-0.2, 0) is 6.54 Å². The van der Waals surface area contributed by atoms with E-state index in [-0.39, 0.29) is 35.6 Å². The van der Waals surface area contributed by atoms with Crippen LogP contribution >= 0.6 is 0 Å². The molecule has 1 N–H and O–H groups in total. The average molecular weight is 469 g/mol. The zero-order valence-corrected chi connectivity index (χ0v) is 19.2. The highest BCUT2D eigenvalue weighted by molar-refractivity contribution is 5.95. The number of nitrogens with one attached hydrogen (secondary N) is 1. The molecule has 35 heavy (non-hydrogen) atoms. The molecule has 0 spiro atoms. The predicted octanol–water partition coefficient (Wildman–Crippen LogP) is 3.64. The van der Waals surface area contributed by atoms with Crippen LogP contribution in [0.25, 0.3) is 5.70 Å². The SMILES string of the molecule is CC1C=C(n2cccc2)C=CC1NC(=O)c1coc(N2CCN(Cc3cccc(C#N)c3)C2=O)n1. The lowest BCUT2D eigenvalue weighted by atomic mass is 9.95. The van der Waals surface area contributed by atoms with E-state index in [1.165, 1.54) is 11.2 Å². The van der Waals surface area contributed by atoms with E-state index < -0.39 is 0 Å². The van der Waals surface area contributed by atoms with E-state index in [9.17, 15) is 9.59 Å². The Labute approximate surface area is 202 Å². The number of nitriles is 1. The number of urea groups is 1. The number of hydrogen-bond donors (Lipinski definition) is 1. The molecule has 1 saturated heterocycles. The maximum Gasteiger partial charge on any atom is 0.328 e. The molecular weight excluding hydrogens is 444 g/mol. The van der Waals surface area contributed by atoms with Crippen molar-refractivity contribution < 1.29 is 14.0 Å². The van der Waals surface area contributed by atoms with Crippen LogP contribution in [0.5, 0.6) is 0 Å². The van der Waals surface area contributed by atoms with Crippen molar-refractivity contribution in [2.24, 2.45) is 5.92 Å². The highest BCUT2D eigenvalue weighted by atomic mass is 16.4. The van der Waals surface area contributed by atoms with Gasteiger partial charge in [0.25, 0.3) is 5.91 Å². The number of anilines is 1. The number of benzene rings is 1. The summed E-state index contributed by atoms with van der Waals surface area (Å²) in [6.45, 7) is 3.30. The molecule has 3 heterocycles. The molecule has 176 valence electrons. The molecule has 1 fully saturated rings. The van der Waals surface area contributed by atoms with Crippen LogP contribution in [0, 0.1) is 17.2 Å². The fraction of sp³-hybridized carbons (Fsp3) is 0.231. The Hall–Kier alpha value is -4.58. The normalized spacial score (nSPS) is 19.5. The lowest BCUT2D eigenvalue weighted by Gasteiger charge is -2.24. The first-order chi connectivity index (χ1) is 17.0. The summed E-state index contributed by atoms with van der Waals surface area (Å²) in [5.41, 5.74) is 2.59. The molecular formula is C26H24N6O3. The van der Waals surface area contributed by atoms with Crippen LogP contribution in [0.15, 0.2) is 77.7 Å². The van der Waals surface area contributed by atoms with Gasteiger partial charge in [0.1, 0.15) is 6.26 Å². The lowest BCUT2D eigenvalue weighted by molar-refractivity contribution is 0.0933. The summed E-state index contributed by atoms with van der Waals surface area (Å²) in [7, 11) is 0. The van der Waals surface area contributed by atoms with E-state index in [0.29, 0.717) is 25.2 Å². The van der Waals surface area contributed by atoms with Crippen LogP contribution in [0.1, 0.15) is 28.5 Å². The van der Waals surface area contributed by atoms with Crippen LogP contribution in [0.3, 0.4) is 0 Å². The number of rotatable bonds is 6. The Balaban J connectivity index is 1.21. The van der Waals surface area contributed by atoms with Crippen molar-refractivity contribution in [1.29, 1.82) is 5.26 Å². The molecule has 1 aromatic carbocycles. The van der Waals surface area contributed by atoms with Gasteiger partial charge in [0.05, 0.1) is 17.7 Å². The fourth-order valence-electron chi connectivity index (χ4n) is 4.25. The van der Waals surface area contributed by atoms with Crippen LogP contribution in [0.2, 0.25) is 0 Å². The quantitative estimate of drug-likeness (QED) is 0.594. The standard InChI is InChI=1S/C26H24N6O3/c1-18-13-21(30-9-2-3-10-30)7-8-22(18)28-24(33)23-17-35-25(29-23)32-12-11-31(26(32)34)16-20-6-4-5-19(14-20)15-27/h2-10,13-14,17-18,22H,11-12,16H2,1H3,(H,28,33). The number of carbonyl (C=O) groups is 2. The summed E-state index contributed by atoms with van der Waals surface area (Å²) >= 11 is 0. The Morgan fingerprint density at radius 3 is 2.86 bits per heavy atom. The van der Waals surface area contributed by atoms with Gasteiger partial charge in [0.2, 0.25) is 0 Å². The van der Waals surface area contributed by atoms with E-state index in [1.807, 2.05) is 54.2 Å². The zero-order valence-electron chi connectivity index (χ0n) is 19.2. The highest BCUT2D eigenvalue weighted by Crippen LogP contribution is 2.23. The van der Waals surface area contributed by atoms with E-state index in [0.717, 1.165) is 11.3 Å². The number of nitrogens with zero attached hydrogens (tertiary/aromatic N) is 5. The van der Waals surface area contributed by atoms with Crippen molar-refractivity contribution in [2.45, 2.75) is 19.5 Å². The van der Waals surface area contributed by atoms with E-state index in [2.05, 4.69) is 22.4 Å². The molecule has 3 amide bonds. The number of amides is 3. The third kappa shape index (κ3) is 4.59. The zero-order chi connectivity index (χ0) is 24.4. The Bertz CT molecular complexity index is 1350. The molecule has 0 saturated carbocycles. The van der Waals surface area contributed by atoms with Crippen molar-refractivity contribution in [2.75, 3.05) is 18.0 Å². The second kappa shape index (κ2) is 9.35. The minimum atomic E-state index is -0.365. The van der Waals surface area contributed by atoms with Gasteiger partial charge in [-0.15, -0.1) is 0 Å². The van der Waals surface area contributed by atoms with Gasteiger partial charge >= 0.3 is 12.0 Å². The number of aromatic nitrogens is 2. The van der Waals surface area contributed by atoms with Gasteiger partial charge < -0.3 is 19.2 Å². The molecule has 9 nitrogen and oxygen atoms in total. The largest absolute Gasteiger partial charge is 0.431 e. The molecule has 5 rings (SSSR count). The van der Waals surface area contributed by atoms with E-state index >= 15 is 0 Å². The number of oxazole rings is 1. The molecule has 3 aromatic rings. The Morgan fingerprint density at radius 1 is 1.26 bits per heavy atom. The summed E-state index contributed by atoms with van der Waals surface area (Å²) in [5, 5.41) is 12.1. The number of carbonyl (C=O) groups excluding carboxylic acids is 2. The highest BCUT2D eigenvalue weighted by Gasteiger charge is 2.33. The molecule has 2 atom stereocenters. The van der Waals surface area contributed by atoms with Crippen LogP contribution < -0.4 is 10.2 Å². The Kier molecular flexibility index (Phi) is 5.94. The fourth-order valence-corrected chi connectivity index (χ4v) is 4.25. The predicted molar refractivity (Wildman–Crippen MR) is 129 cm³/mol. The monoisotopic (exact) mass is 468 g/mol. The first-order valence-corrected chi connectivity index (χ1v) is 11.4. The Morgan fingerprint density at radius 2 is 2.09 bits per heavy atom. The lowest BCUT2D eigenvalue weighted by Crippen LogP contribution is -2.38. The van der Waals surface area contributed by atoms with Gasteiger partial charge in [0, 0.05) is 43.6 Å². The van der Waals surface area contributed by atoms with Gasteiger partial charge in [-0.1, -0.05) is 31.2 Å². The van der Waals surface area contributed by atoms with Gasteiger partial charge in [-0.3, -0.25) is 4.79 Å². The molecule has 2 aliphatic rings. The number of allylic oxidation sites excluding steroid dienone is 2. The maximum absolute atomic E-state index is 12.9. The van der Waals surface area contributed by atoms with Crippen LogP contribution in [-0.4, -0.2) is 45.5 Å². The van der Waals surface area contributed by atoms with Crippen LogP contribution in [0.4, 0.5) is 10.8 Å². The van der Waals surface area contributed by atoms with Gasteiger partial charge in [-0.2, -0.15) is 10.2 Å². The molecule has 1 aliphatic heterocycles. The summed E-state index contributed by atoms with van der Waals surface area (Å²) in [4.78, 5) is 33.1. The van der Waals surface area contributed by atoms with Gasteiger partial charge in [-0.05, 0) is 35.9 Å². The smallest absolute Gasteiger partial charge is 0.328 e. The second-order valence-electron chi connectivity index (χ2n) is 8.58. The molecule has 2 unspecified atom stereocenters. The summed E-state index contributed by atoms with van der Waals surface area (Å²) in [6, 6.07) is 12.8. The third-order valence-electron chi connectivity index (χ3n) is 6.15. The number of hydrogen-bond acceptors (Lipinski definition) is 5. The van der Waals surface area contributed by atoms with Gasteiger partial charge in [-0.25, -0.2) is 9.69 Å². The van der Waals surface area contributed by atoms with Crippen molar-refractivity contribution in [3.8, 4) is 6.07 Å². The summed E-state index contributed by atoms with van der Waals surface area (Å²) in [6.07, 6.45) is 11.3. The first kappa shape index (κ1) is 22.2. The average Bonchev–Trinajstić information content (AvgIpc) is 3.63. The molecule has 0 bridgehead atoms. The minimum absolute atomic E-state index is 0.0842. The second-order valence-corrected chi connectivity index (χ2v) is 8.58. The van der Waals surface area contributed by atoms with Gasteiger partial charge in [0.15, 0.2) is 5.69 Å². The molecule has 1 aliphatic carbocycles.